The van der Waals surface area contributed by atoms with Crippen molar-refractivity contribution in [3.8, 4) is 0 Å². The first-order chi connectivity index (χ1) is 14.8. The first kappa shape index (κ1) is 22.9. The molecule has 31 heavy (non-hydrogen) atoms. The van der Waals surface area contributed by atoms with Gasteiger partial charge in [-0.05, 0) is 64.0 Å². The number of aromatic nitrogens is 3. The Morgan fingerprint density at radius 1 is 1.26 bits per heavy atom. The summed E-state index contributed by atoms with van der Waals surface area (Å²) in [7, 11) is 0. The number of nitrogens with two attached hydrogens (primary N) is 1. The monoisotopic (exact) mass is 444 g/mol. The molecule has 0 aliphatic carbocycles. The number of pyridine rings is 1. The number of amides is 2. The van der Waals surface area contributed by atoms with E-state index in [2.05, 4.69) is 20.3 Å². The van der Waals surface area contributed by atoms with Gasteiger partial charge in [-0.3, -0.25) is 14.6 Å². The Morgan fingerprint density at radius 2 is 2.00 bits per heavy atom. The van der Waals surface area contributed by atoms with Crippen molar-refractivity contribution in [2.45, 2.75) is 52.0 Å². The highest BCUT2D eigenvalue weighted by Gasteiger charge is 2.26. The van der Waals surface area contributed by atoms with Gasteiger partial charge in [-0.1, -0.05) is 11.6 Å². The van der Waals surface area contributed by atoms with Gasteiger partial charge in [0.05, 0.1) is 0 Å². The molecule has 0 bridgehead atoms. The van der Waals surface area contributed by atoms with Gasteiger partial charge in [0, 0.05) is 36.6 Å². The fraction of sp³-hybridized carbons (Fsp3) is 0.500. The Bertz CT molecular complexity index is 900. The van der Waals surface area contributed by atoms with Crippen LogP contribution in [0.2, 0.25) is 5.15 Å². The largest absolute Gasteiger partial charge is 0.383 e. The number of nitrogens with one attached hydrogen (secondary N) is 1. The molecular formula is C22H29ClN6O2. The topological polar surface area (TPSA) is 114 Å². The first-order valence-electron chi connectivity index (χ1n) is 10.6. The van der Waals surface area contributed by atoms with E-state index < -0.39 is 6.04 Å². The van der Waals surface area contributed by atoms with Crippen LogP contribution in [0.25, 0.3) is 0 Å². The molecule has 2 amide bonds. The SMILES string of the molecule is Cc1nc(N)c(CCC2CCCN(C(=O)[C@H](C)NC(=O)c3ccncc3)CC2)c(Cl)n1. The van der Waals surface area contributed by atoms with E-state index in [1.807, 2.05) is 4.90 Å². The highest BCUT2D eigenvalue weighted by Crippen LogP contribution is 2.27. The fourth-order valence-corrected chi connectivity index (χ4v) is 4.27. The van der Waals surface area contributed by atoms with Crippen molar-refractivity contribution in [3.05, 3.63) is 46.6 Å². The predicted octanol–water partition coefficient (Wildman–Crippen LogP) is 2.80. The van der Waals surface area contributed by atoms with Crippen molar-refractivity contribution in [3.63, 3.8) is 0 Å². The van der Waals surface area contributed by atoms with Crippen LogP contribution in [0.1, 0.15) is 54.4 Å². The van der Waals surface area contributed by atoms with Crippen LogP contribution in [0.3, 0.4) is 0 Å². The van der Waals surface area contributed by atoms with Gasteiger partial charge in [0.25, 0.3) is 5.91 Å². The smallest absolute Gasteiger partial charge is 0.252 e. The molecule has 3 rings (SSSR count). The van der Waals surface area contributed by atoms with Gasteiger partial charge in [-0.25, -0.2) is 9.97 Å². The molecule has 0 aromatic carbocycles. The van der Waals surface area contributed by atoms with Crippen molar-refractivity contribution in [2.24, 2.45) is 5.92 Å². The number of likely N-dealkylation sites (tertiary alicyclic amines) is 1. The zero-order chi connectivity index (χ0) is 22.4. The van der Waals surface area contributed by atoms with Crippen LogP contribution in [0, 0.1) is 12.8 Å². The van der Waals surface area contributed by atoms with Crippen LogP contribution in [0.5, 0.6) is 0 Å². The third-order valence-corrected chi connectivity index (χ3v) is 6.04. The van der Waals surface area contributed by atoms with Gasteiger partial charge in [0.2, 0.25) is 5.91 Å². The molecule has 1 saturated heterocycles. The predicted molar refractivity (Wildman–Crippen MR) is 120 cm³/mol. The molecule has 8 nitrogen and oxygen atoms in total. The summed E-state index contributed by atoms with van der Waals surface area (Å²) >= 11 is 6.25. The van der Waals surface area contributed by atoms with E-state index in [-0.39, 0.29) is 11.8 Å². The maximum Gasteiger partial charge on any atom is 0.252 e. The molecular weight excluding hydrogens is 416 g/mol. The Morgan fingerprint density at radius 3 is 2.71 bits per heavy atom. The lowest BCUT2D eigenvalue weighted by Gasteiger charge is -2.25. The van der Waals surface area contributed by atoms with Crippen molar-refractivity contribution < 1.29 is 9.59 Å². The molecule has 2 aromatic heterocycles. The second-order valence-corrected chi connectivity index (χ2v) is 8.38. The number of halogens is 1. The summed E-state index contributed by atoms with van der Waals surface area (Å²) < 4.78 is 0. The summed E-state index contributed by atoms with van der Waals surface area (Å²) in [6.45, 7) is 4.86. The number of hydrogen-bond acceptors (Lipinski definition) is 6. The van der Waals surface area contributed by atoms with Gasteiger partial charge < -0.3 is 16.0 Å². The molecule has 1 aliphatic heterocycles. The van der Waals surface area contributed by atoms with E-state index in [9.17, 15) is 9.59 Å². The highest BCUT2D eigenvalue weighted by molar-refractivity contribution is 6.30. The molecule has 0 radical (unpaired) electrons. The number of rotatable bonds is 6. The maximum atomic E-state index is 12.9. The molecule has 0 spiro atoms. The average molecular weight is 445 g/mol. The number of nitrogens with zero attached hydrogens (tertiary/aromatic N) is 4. The average Bonchev–Trinajstić information content (AvgIpc) is 2.98. The minimum atomic E-state index is -0.583. The van der Waals surface area contributed by atoms with E-state index in [0.29, 0.717) is 41.4 Å². The second-order valence-electron chi connectivity index (χ2n) is 8.02. The Labute approximate surface area is 187 Å². The molecule has 1 unspecified atom stereocenters. The summed E-state index contributed by atoms with van der Waals surface area (Å²) in [5, 5.41) is 3.21. The minimum absolute atomic E-state index is 0.0534. The van der Waals surface area contributed by atoms with Crippen LogP contribution in [-0.2, 0) is 11.2 Å². The molecule has 3 heterocycles. The van der Waals surface area contributed by atoms with Gasteiger partial charge in [0.15, 0.2) is 0 Å². The van der Waals surface area contributed by atoms with Crippen molar-refractivity contribution >= 4 is 29.2 Å². The van der Waals surface area contributed by atoms with Crippen molar-refractivity contribution in [1.29, 1.82) is 0 Å². The van der Waals surface area contributed by atoms with E-state index in [4.69, 9.17) is 17.3 Å². The number of carbonyl (C=O) groups is 2. The molecule has 166 valence electrons. The van der Waals surface area contributed by atoms with Crippen LogP contribution < -0.4 is 11.1 Å². The lowest BCUT2D eigenvalue weighted by Crippen LogP contribution is -2.47. The van der Waals surface area contributed by atoms with Crippen LogP contribution in [0.4, 0.5) is 5.82 Å². The Kier molecular flexibility index (Phi) is 7.79. The molecule has 1 fully saturated rings. The van der Waals surface area contributed by atoms with Gasteiger partial charge in [-0.15, -0.1) is 0 Å². The van der Waals surface area contributed by atoms with Gasteiger partial charge in [-0.2, -0.15) is 0 Å². The third-order valence-electron chi connectivity index (χ3n) is 5.72. The standard InChI is InChI=1S/C22H29ClN6O2/c1-14(26-21(30)17-7-10-25-11-8-17)22(31)29-12-3-4-16(9-13-29)5-6-18-19(23)27-15(2)28-20(18)24/h7-8,10-11,14,16H,3-6,9,12-13H2,1-2H3,(H,26,30)(H2,24,27,28)/t14-,16?/m0/s1. The Balaban J connectivity index is 1.51. The van der Waals surface area contributed by atoms with E-state index in [1.54, 1.807) is 38.4 Å². The van der Waals surface area contributed by atoms with Crippen molar-refractivity contribution in [1.82, 2.24) is 25.2 Å². The van der Waals surface area contributed by atoms with Gasteiger partial charge in [0.1, 0.15) is 22.8 Å². The van der Waals surface area contributed by atoms with Crippen LogP contribution in [0.15, 0.2) is 24.5 Å². The van der Waals surface area contributed by atoms with Gasteiger partial charge >= 0.3 is 0 Å². The molecule has 2 atom stereocenters. The molecule has 2 aromatic rings. The zero-order valence-electron chi connectivity index (χ0n) is 18.0. The normalized spacial score (nSPS) is 17.6. The second kappa shape index (κ2) is 10.5. The fourth-order valence-electron chi connectivity index (χ4n) is 3.95. The number of nitrogen functional groups attached to an aromatic ring is 1. The summed E-state index contributed by atoms with van der Waals surface area (Å²) in [6, 6.07) is 2.67. The summed E-state index contributed by atoms with van der Waals surface area (Å²) in [5.74, 6) is 1.16. The maximum absolute atomic E-state index is 12.9. The van der Waals surface area contributed by atoms with Crippen LogP contribution >= 0.6 is 11.6 Å². The number of aryl methyl sites for hydroxylation is 1. The molecule has 3 N–H and O–H groups in total. The van der Waals surface area contributed by atoms with Crippen LogP contribution in [-0.4, -0.2) is 50.8 Å². The summed E-state index contributed by atoms with van der Waals surface area (Å²) in [4.78, 5) is 39.4. The third kappa shape index (κ3) is 6.13. The van der Waals surface area contributed by atoms with E-state index in [0.717, 1.165) is 37.7 Å². The number of hydrogen-bond donors (Lipinski definition) is 2. The Hall–Kier alpha value is -2.74. The lowest BCUT2D eigenvalue weighted by atomic mass is 9.93. The summed E-state index contributed by atoms with van der Waals surface area (Å²) in [5.41, 5.74) is 7.31. The quantitative estimate of drug-likeness (QED) is 0.662. The van der Waals surface area contributed by atoms with E-state index in [1.165, 1.54) is 0 Å². The number of carbonyl (C=O) groups excluding carboxylic acids is 2. The highest BCUT2D eigenvalue weighted by atomic mass is 35.5. The number of anilines is 1. The molecule has 9 heteroatoms. The minimum Gasteiger partial charge on any atom is -0.383 e. The zero-order valence-corrected chi connectivity index (χ0v) is 18.7. The molecule has 0 saturated carbocycles. The van der Waals surface area contributed by atoms with E-state index >= 15 is 0 Å². The lowest BCUT2D eigenvalue weighted by molar-refractivity contribution is -0.132. The molecule has 1 aliphatic rings. The van der Waals surface area contributed by atoms with Crippen molar-refractivity contribution in [2.75, 3.05) is 18.8 Å². The first-order valence-corrected chi connectivity index (χ1v) is 11.0. The summed E-state index contributed by atoms with van der Waals surface area (Å²) in [6.07, 6.45) is 7.62.